The molecule has 2 saturated heterocycles. The minimum atomic E-state index is -0.860. The van der Waals surface area contributed by atoms with Gasteiger partial charge in [-0.25, -0.2) is 0 Å². The second-order valence-corrected chi connectivity index (χ2v) is 6.85. The van der Waals surface area contributed by atoms with Crippen LogP contribution in [0.2, 0.25) is 0 Å². The van der Waals surface area contributed by atoms with Crippen LogP contribution in [0.25, 0.3) is 0 Å². The summed E-state index contributed by atoms with van der Waals surface area (Å²) < 4.78 is 23.4. The molecule has 0 spiro atoms. The van der Waals surface area contributed by atoms with Gasteiger partial charge in [0, 0.05) is 5.50 Å². The highest BCUT2D eigenvalue weighted by molar-refractivity contribution is 7.11. The monoisotopic (exact) mass is 250 g/mol. The summed E-state index contributed by atoms with van der Waals surface area (Å²) in [6.45, 7) is 13.6. The van der Waals surface area contributed by atoms with Crippen molar-refractivity contribution in [2.24, 2.45) is 0 Å². The minimum absolute atomic E-state index is 0.401. The van der Waals surface area contributed by atoms with Gasteiger partial charge in [-0.2, -0.15) is 0 Å². The Morgan fingerprint density at radius 2 is 0.944 bits per heavy atom. The maximum atomic E-state index is 6.09. The SMILES string of the molecule is [B]C1(C)OB(B2OC(C)(C)C(C)(C)O2)OC1(C)C. The summed E-state index contributed by atoms with van der Waals surface area (Å²) >= 11 is 0. The van der Waals surface area contributed by atoms with Gasteiger partial charge in [0.15, 0.2) is 0 Å². The van der Waals surface area contributed by atoms with Crippen LogP contribution in [-0.4, -0.2) is 44.2 Å². The van der Waals surface area contributed by atoms with E-state index in [0.717, 1.165) is 0 Å². The number of hydrogen-bond acceptors (Lipinski definition) is 4. The molecule has 0 N–H and O–H groups in total. The van der Waals surface area contributed by atoms with Crippen molar-refractivity contribution in [2.75, 3.05) is 0 Å². The van der Waals surface area contributed by atoms with Crippen LogP contribution in [0.1, 0.15) is 48.5 Å². The quantitative estimate of drug-likeness (QED) is 0.658. The van der Waals surface area contributed by atoms with Crippen molar-refractivity contribution in [3.63, 3.8) is 0 Å². The summed E-state index contributed by atoms with van der Waals surface area (Å²) in [6, 6.07) is 0. The van der Waals surface area contributed by atoms with E-state index in [9.17, 15) is 0 Å². The molecular formula is C11H21B3O4. The van der Waals surface area contributed by atoms with Crippen molar-refractivity contribution >= 4 is 21.9 Å². The third-order valence-electron chi connectivity index (χ3n) is 4.46. The van der Waals surface area contributed by atoms with Crippen molar-refractivity contribution in [2.45, 2.75) is 70.8 Å². The maximum absolute atomic E-state index is 6.09. The van der Waals surface area contributed by atoms with E-state index in [-0.39, 0.29) is 0 Å². The molecule has 1 unspecified atom stereocenters. The van der Waals surface area contributed by atoms with Gasteiger partial charge >= 0.3 is 14.0 Å². The normalized spacial score (nSPS) is 37.3. The fraction of sp³-hybridized carbons (Fsp3) is 1.00. The molecule has 2 radical (unpaired) electrons. The van der Waals surface area contributed by atoms with Crippen LogP contribution in [0.15, 0.2) is 0 Å². The Balaban J connectivity index is 2.14. The highest BCUT2D eigenvalue weighted by atomic mass is 16.7. The Bertz CT molecular complexity index is 288. The van der Waals surface area contributed by atoms with Gasteiger partial charge in [0.2, 0.25) is 0 Å². The molecule has 2 rings (SSSR count). The Morgan fingerprint density at radius 1 is 0.611 bits per heavy atom. The van der Waals surface area contributed by atoms with Crippen LogP contribution in [0.3, 0.4) is 0 Å². The predicted molar refractivity (Wildman–Crippen MR) is 72.2 cm³/mol. The second-order valence-electron chi connectivity index (χ2n) is 6.85. The molecule has 0 saturated carbocycles. The lowest BCUT2D eigenvalue weighted by Gasteiger charge is -2.33. The average molecular weight is 250 g/mol. The van der Waals surface area contributed by atoms with E-state index in [1.54, 1.807) is 6.92 Å². The minimum Gasteiger partial charge on any atom is -0.414 e. The molecule has 0 aromatic carbocycles. The van der Waals surface area contributed by atoms with Crippen LogP contribution in [-0.2, 0) is 18.6 Å². The molecule has 0 aromatic rings. The third-order valence-corrected chi connectivity index (χ3v) is 4.46. The van der Waals surface area contributed by atoms with Crippen molar-refractivity contribution < 1.29 is 18.6 Å². The predicted octanol–water partition coefficient (Wildman–Crippen LogP) is 1.36. The van der Waals surface area contributed by atoms with Crippen LogP contribution in [0.5, 0.6) is 0 Å². The topological polar surface area (TPSA) is 36.9 Å². The molecule has 7 heteroatoms. The van der Waals surface area contributed by atoms with Gasteiger partial charge in [-0.05, 0) is 48.5 Å². The molecule has 1 atom stereocenters. The van der Waals surface area contributed by atoms with Gasteiger partial charge in [-0.3, -0.25) is 0 Å². The summed E-state index contributed by atoms with van der Waals surface area (Å²) in [5, 5.41) is 0. The Hall–Kier alpha value is 0.0348. The van der Waals surface area contributed by atoms with E-state index in [4.69, 9.17) is 26.5 Å². The van der Waals surface area contributed by atoms with Gasteiger partial charge in [0.1, 0.15) is 7.85 Å². The largest absolute Gasteiger partial charge is 0.488 e. The summed E-state index contributed by atoms with van der Waals surface area (Å²) in [7, 11) is 4.93. The number of rotatable bonds is 1. The smallest absolute Gasteiger partial charge is 0.414 e. The molecule has 0 aromatic heterocycles. The van der Waals surface area contributed by atoms with Crippen molar-refractivity contribution in [3.8, 4) is 0 Å². The molecule has 2 aliphatic heterocycles. The third kappa shape index (κ3) is 2.05. The Labute approximate surface area is 112 Å². The lowest BCUT2D eigenvalue weighted by atomic mass is 9.49. The summed E-state index contributed by atoms with van der Waals surface area (Å²) in [5.74, 6) is 0. The van der Waals surface area contributed by atoms with Crippen molar-refractivity contribution in [1.29, 1.82) is 0 Å². The van der Waals surface area contributed by atoms with Gasteiger partial charge < -0.3 is 18.6 Å². The fourth-order valence-corrected chi connectivity index (χ4v) is 1.93. The number of hydrogen-bond donors (Lipinski definition) is 0. The molecular weight excluding hydrogens is 229 g/mol. The first-order valence-electron chi connectivity index (χ1n) is 6.38. The first-order chi connectivity index (χ1) is 7.88. The van der Waals surface area contributed by atoms with Crippen molar-refractivity contribution in [1.82, 2.24) is 0 Å². The molecule has 2 aliphatic rings. The molecule has 4 nitrogen and oxygen atoms in total. The van der Waals surface area contributed by atoms with E-state index in [0.29, 0.717) is 0 Å². The van der Waals surface area contributed by atoms with Gasteiger partial charge in [-0.1, -0.05) is 0 Å². The van der Waals surface area contributed by atoms with E-state index < -0.39 is 36.3 Å². The second kappa shape index (κ2) is 3.78. The molecule has 2 fully saturated rings. The molecule has 18 heavy (non-hydrogen) atoms. The first-order valence-corrected chi connectivity index (χ1v) is 6.38. The molecule has 98 valence electrons. The van der Waals surface area contributed by atoms with Crippen LogP contribution < -0.4 is 0 Å². The summed E-state index contributed by atoms with van der Waals surface area (Å²) in [6.07, 6.45) is 0. The zero-order valence-electron chi connectivity index (χ0n) is 12.4. The Morgan fingerprint density at radius 3 is 1.28 bits per heavy atom. The van der Waals surface area contributed by atoms with Crippen molar-refractivity contribution in [3.05, 3.63) is 0 Å². The molecule has 0 bridgehead atoms. The van der Waals surface area contributed by atoms with E-state index in [1.807, 2.05) is 41.5 Å². The van der Waals surface area contributed by atoms with Gasteiger partial charge in [0.25, 0.3) is 0 Å². The van der Waals surface area contributed by atoms with Crippen LogP contribution >= 0.6 is 0 Å². The van der Waals surface area contributed by atoms with Crippen LogP contribution in [0.4, 0.5) is 0 Å². The zero-order valence-corrected chi connectivity index (χ0v) is 12.4. The highest BCUT2D eigenvalue weighted by Gasteiger charge is 2.63. The van der Waals surface area contributed by atoms with Crippen LogP contribution in [0, 0.1) is 0 Å². The highest BCUT2D eigenvalue weighted by Crippen LogP contribution is 2.42. The lowest BCUT2D eigenvalue weighted by molar-refractivity contribution is 0.00578. The van der Waals surface area contributed by atoms with E-state index >= 15 is 0 Å². The molecule has 0 aliphatic carbocycles. The summed E-state index contributed by atoms with van der Waals surface area (Å²) in [5.41, 5.74) is -2.24. The Kier molecular flexibility index (Phi) is 3.03. The zero-order chi connectivity index (χ0) is 14.0. The maximum Gasteiger partial charge on any atom is 0.488 e. The van der Waals surface area contributed by atoms with E-state index in [1.165, 1.54) is 0 Å². The average Bonchev–Trinajstić information content (AvgIpc) is 2.45. The molecule has 0 amide bonds. The van der Waals surface area contributed by atoms with Gasteiger partial charge in [-0.15, -0.1) is 0 Å². The summed E-state index contributed by atoms with van der Waals surface area (Å²) in [4.78, 5) is 0. The first kappa shape index (κ1) is 14.4. The molecule has 2 heterocycles. The fourth-order valence-electron chi connectivity index (χ4n) is 1.93. The standard InChI is InChI=1S/C11H21B3O4/c1-8(2)9(3,4)16-13(15-8)14-17-10(5,6)11(7,12)18-14/h1-7H3. The van der Waals surface area contributed by atoms with E-state index in [2.05, 4.69) is 0 Å². The lowest BCUT2D eigenvalue weighted by Crippen LogP contribution is -2.45. The van der Waals surface area contributed by atoms with Gasteiger partial charge in [0.05, 0.1) is 16.8 Å².